The van der Waals surface area contributed by atoms with E-state index in [1.54, 1.807) is 11.0 Å². The van der Waals surface area contributed by atoms with Crippen LogP contribution in [0.2, 0.25) is 0 Å². The normalized spacial score (nSPS) is 18.4. The molecule has 1 atom stereocenters. The number of carbonyl (C=O) groups excluding carboxylic acids is 2. The van der Waals surface area contributed by atoms with E-state index >= 15 is 0 Å². The molecule has 0 spiro atoms. The number of nitrogens with one attached hydrogen (secondary N) is 1. The molecule has 1 heterocycles. The molecule has 1 saturated heterocycles. The molecular weight excluding hydrogens is 259 g/mol. The van der Waals surface area contributed by atoms with Gasteiger partial charge in [-0.2, -0.15) is 0 Å². The van der Waals surface area contributed by atoms with Crippen LogP contribution in [-0.2, 0) is 4.79 Å². The molecule has 108 valence electrons. The van der Waals surface area contributed by atoms with Crippen molar-refractivity contribution >= 4 is 11.8 Å². The zero-order valence-corrected chi connectivity index (χ0v) is 11.7. The molecule has 1 aliphatic rings. The molecule has 0 radical (unpaired) electrons. The highest BCUT2D eigenvalue weighted by atomic mass is 19.1. The van der Waals surface area contributed by atoms with Gasteiger partial charge in [0.15, 0.2) is 0 Å². The van der Waals surface area contributed by atoms with E-state index in [-0.39, 0.29) is 23.8 Å². The van der Waals surface area contributed by atoms with Crippen molar-refractivity contribution in [3.8, 4) is 0 Å². The van der Waals surface area contributed by atoms with E-state index in [0.29, 0.717) is 18.7 Å². The molecular formula is C15H19FN2O2. The van der Waals surface area contributed by atoms with Crippen molar-refractivity contribution in [3.63, 3.8) is 0 Å². The zero-order chi connectivity index (χ0) is 14.7. The zero-order valence-electron chi connectivity index (χ0n) is 11.7. The molecule has 0 aliphatic carbocycles. The lowest BCUT2D eigenvalue weighted by Gasteiger charge is -2.18. The predicted octanol–water partition coefficient (Wildman–Crippen LogP) is 1.81. The number of carbonyl (C=O) groups is 2. The molecule has 2 rings (SSSR count). The van der Waals surface area contributed by atoms with Gasteiger partial charge in [0.25, 0.3) is 5.91 Å². The van der Waals surface area contributed by atoms with Crippen LogP contribution in [0.5, 0.6) is 0 Å². The van der Waals surface area contributed by atoms with Crippen LogP contribution in [0, 0.1) is 11.7 Å². The van der Waals surface area contributed by atoms with Crippen molar-refractivity contribution in [1.82, 2.24) is 10.2 Å². The molecule has 1 aliphatic heterocycles. The molecule has 2 amide bonds. The summed E-state index contributed by atoms with van der Waals surface area (Å²) in [5, 5.41) is 2.92. The third-order valence-corrected chi connectivity index (χ3v) is 3.42. The van der Waals surface area contributed by atoms with Gasteiger partial charge in [0.2, 0.25) is 5.91 Å². The minimum absolute atomic E-state index is 0.00458. The number of nitrogens with zero attached hydrogens (tertiary/aromatic N) is 1. The van der Waals surface area contributed by atoms with Crippen LogP contribution in [0.3, 0.4) is 0 Å². The summed E-state index contributed by atoms with van der Waals surface area (Å²) < 4.78 is 13.1. The Labute approximate surface area is 118 Å². The van der Waals surface area contributed by atoms with Crippen molar-refractivity contribution in [2.24, 2.45) is 5.92 Å². The van der Waals surface area contributed by atoms with Gasteiger partial charge in [0, 0.05) is 30.6 Å². The number of halogens is 1. The third-order valence-electron chi connectivity index (χ3n) is 3.42. The van der Waals surface area contributed by atoms with Gasteiger partial charge in [0.05, 0.1) is 0 Å². The summed E-state index contributed by atoms with van der Waals surface area (Å²) in [6.07, 6.45) is 0.736. The fourth-order valence-electron chi connectivity index (χ4n) is 2.23. The molecule has 1 fully saturated rings. The monoisotopic (exact) mass is 278 g/mol. The van der Waals surface area contributed by atoms with Gasteiger partial charge in [-0.25, -0.2) is 4.39 Å². The van der Waals surface area contributed by atoms with Gasteiger partial charge in [-0.05, 0) is 24.6 Å². The van der Waals surface area contributed by atoms with E-state index in [0.717, 1.165) is 6.42 Å². The number of hydrogen-bond acceptors (Lipinski definition) is 2. The smallest absolute Gasteiger partial charge is 0.254 e. The summed E-state index contributed by atoms with van der Waals surface area (Å²) in [7, 11) is 0. The van der Waals surface area contributed by atoms with Gasteiger partial charge >= 0.3 is 0 Å². The second-order valence-electron chi connectivity index (χ2n) is 5.41. The van der Waals surface area contributed by atoms with E-state index in [9.17, 15) is 14.0 Å². The number of benzene rings is 1. The maximum atomic E-state index is 13.1. The van der Waals surface area contributed by atoms with Crippen LogP contribution < -0.4 is 5.32 Å². The molecule has 5 heteroatoms. The highest BCUT2D eigenvalue weighted by Gasteiger charge is 2.28. The van der Waals surface area contributed by atoms with Crippen molar-refractivity contribution in [2.75, 3.05) is 13.1 Å². The fraction of sp³-hybridized carbons (Fsp3) is 0.467. The molecule has 0 bridgehead atoms. The Balaban J connectivity index is 1.96. The van der Waals surface area contributed by atoms with Crippen LogP contribution in [0.1, 0.15) is 30.6 Å². The van der Waals surface area contributed by atoms with Gasteiger partial charge < -0.3 is 10.2 Å². The SMILES string of the molecule is CC(C)C(=O)NC1CCN(C(=O)c2cccc(F)c2)C1. The van der Waals surface area contributed by atoms with E-state index in [4.69, 9.17) is 0 Å². The molecule has 0 saturated carbocycles. The maximum absolute atomic E-state index is 13.1. The minimum Gasteiger partial charge on any atom is -0.351 e. The standard InChI is InChI=1S/C15H19FN2O2/c1-10(2)14(19)17-13-6-7-18(9-13)15(20)11-4-3-5-12(16)8-11/h3-5,8,10,13H,6-7,9H2,1-2H3,(H,17,19). The lowest BCUT2D eigenvalue weighted by atomic mass is 10.2. The van der Waals surface area contributed by atoms with Gasteiger partial charge in [-0.15, -0.1) is 0 Å². The summed E-state index contributed by atoms with van der Waals surface area (Å²) in [6, 6.07) is 5.67. The van der Waals surface area contributed by atoms with Crippen LogP contribution >= 0.6 is 0 Å². The average molecular weight is 278 g/mol. The molecule has 1 unspecified atom stereocenters. The number of rotatable bonds is 3. The van der Waals surface area contributed by atoms with Crippen molar-refractivity contribution in [3.05, 3.63) is 35.6 Å². The van der Waals surface area contributed by atoms with Crippen molar-refractivity contribution in [1.29, 1.82) is 0 Å². The first kappa shape index (κ1) is 14.5. The molecule has 0 aromatic heterocycles. The van der Waals surface area contributed by atoms with Crippen molar-refractivity contribution < 1.29 is 14.0 Å². The van der Waals surface area contributed by atoms with Gasteiger partial charge in [-0.3, -0.25) is 9.59 Å². The second-order valence-corrected chi connectivity index (χ2v) is 5.41. The Morgan fingerprint density at radius 1 is 1.40 bits per heavy atom. The van der Waals surface area contributed by atoms with Crippen LogP contribution in [-0.4, -0.2) is 35.8 Å². The topological polar surface area (TPSA) is 49.4 Å². The van der Waals surface area contributed by atoms with Crippen LogP contribution in [0.25, 0.3) is 0 Å². The molecule has 4 nitrogen and oxygen atoms in total. The number of likely N-dealkylation sites (tertiary alicyclic amines) is 1. The first-order valence-corrected chi connectivity index (χ1v) is 6.82. The Morgan fingerprint density at radius 2 is 2.15 bits per heavy atom. The molecule has 1 aromatic carbocycles. The first-order valence-electron chi connectivity index (χ1n) is 6.82. The second kappa shape index (κ2) is 6.03. The summed E-state index contributed by atoms with van der Waals surface area (Å²) in [6.45, 7) is 4.73. The maximum Gasteiger partial charge on any atom is 0.254 e. The lowest BCUT2D eigenvalue weighted by molar-refractivity contribution is -0.124. The highest BCUT2D eigenvalue weighted by molar-refractivity contribution is 5.94. The number of amides is 2. The van der Waals surface area contributed by atoms with E-state index < -0.39 is 5.82 Å². The minimum atomic E-state index is -0.417. The van der Waals surface area contributed by atoms with E-state index in [1.165, 1.54) is 18.2 Å². The average Bonchev–Trinajstić information content (AvgIpc) is 2.86. The molecule has 1 aromatic rings. The Bertz CT molecular complexity index is 516. The van der Waals surface area contributed by atoms with Gasteiger partial charge in [0.1, 0.15) is 5.82 Å². The predicted molar refractivity (Wildman–Crippen MR) is 73.7 cm³/mol. The van der Waals surface area contributed by atoms with Crippen molar-refractivity contribution in [2.45, 2.75) is 26.3 Å². The van der Waals surface area contributed by atoms with Gasteiger partial charge in [-0.1, -0.05) is 19.9 Å². The van der Waals surface area contributed by atoms with Crippen LogP contribution in [0.4, 0.5) is 4.39 Å². The quantitative estimate of drug-likeness (QED) is 0.916. The molecule has 1 N–H and O–H groups in total. The lowest BCUT2D eigenvalue weighted by Crippen LogP contribution is -2.40. The van der Waals surface area contributed by atoms with E-state index in [1.807, 2.05) is 13.8 Å². The summed E-state index contributed by atoms with van der Waals surface area (Å²) >= 11 is 0. The summed E-state index contributed by atoms with van der Waals surface area (Å²) in [4.78, 5) is 25.5. The largest absolute Gasteiger partial charge is 0.351 e. The van der Waals surface area contributed by atoms with E-state index in [2.05, 4.69) is 5.32 Å². The Kier molecular flexibility index (Phi) is 4.37. The van der Waals surface area contributed by atoms with Crippen LogP contribution in [0.15, 0.2) is 24.3 Å². The molecule has 20 heavy (non-hydrogen) atoms. The third kappa shape index (κ3) is 3.35. The summed E-state index contributed by atoms with van der Waals surface area (Å²) in [5.41, 5.74) is 0.348. The fourth-order valence-corrected chi connectivity index (χ4v) is 2.23. The highest BCUT2D eigenvalue weighted by Crippen LogP contribution is 2.15. The Hall–Kier alpha value is -1.91. The number of hydrogen-bond donors (Lipinski definition) is 1. The Morgan fingerprint density at radius 3 is 2.80 bits per heavy atom. The summed E-state index contributed by atoms with van der Waals surface area (Å²) in [5.74, 6) is -0.677. The first-order chi connectivity index (χ1) is 9.47.